The third-order valence-corrected chi connectivity index (χ3v) is 4.73. The molecule has 0 aliphatic carbocycles. The average molecular weight is 243 g/mol. The van der Waals surface area contributed by atoms with Crippen molar-refractivity contribution in [2.75, 3.05) is 0 Å². The molecule has 0 spiro atoms. The van der Waals surface area contributed by atoms with Crippen LogP contribution in [0, 0.1) is 11.8 Å². The molecule has 1 fully saturated rings. The Hall–Kier alpha value is -0.843. The van der Waals surface area contributed by atoms with E-state index in [0.29, 0.717) is 0 Å². The highest BCUT2D eigenvalue weighted by Crippen LogP contribution is 2.37. The molecule has 0 saturated carbocycles. The minimum atomic E-state index is -1.75. The zero-order valence-corrected chi connectivity index (χ0v) is 11.9. The summed E-state index contributed by atoms with van der Waals surface area (Å²) in [7, 11) is -1.75. The van der Waals surface area contributed by atoms with Crippen molar-refractivity contribution in [3.8, 4) is 0 Å². The number of nitrogens with zero attached hydrogens (tertiary/aromatic N) is 1. The maximum atomic E-state index is 12.0. The largest absolute Gasteiger partial charge is 0.442 e. The summed E-state index contributed by atoms with van der Waals surface area (Å²) >= 11 is 0. The van der Waals surface area contributed by atoms with E-state index in [9.17, 15) is 9.59 Å². The Labute approximate surface area is 98.0 Å². The summed E-state index contributed by atoms with van der Waals surface area (Å²) < 4.78 is 7.06. The smallest absolute Gasteiger partial charge is 0.304 e. The van der Waals surface area contributed by atoms with Crippen molar-refractivity contribution in [2.24, 2.45) is 11.8 Å². The first-order valence-corrected chi connectivity index (χ1v) is 9.11. The van der Waals surface area contributed by atoms with Crippen molar-refractivity contribution in [3.05, 3.63) is 0 Å². The van der Waals surface area contributed by atoms with Gasteiger partial charge in [-0.05, 0) is 5.92 Å². The lowest BCUT2D eigenvalue weighted by atomic mass is 9.87. The molecule has 0 N–H and O–H groups in total. The van der Waals surface area contributed by atoms with Crippen LogP contribution in [0.3, 0.4) is 0 Å². The van der Waals surface area contributed by atoms with Gasteiger partial charge in [0.15, 0.2) is 14.5 Å². The Balaban J connectivity index is 2.87. The van der Waals surface area contributed by atoms with E-state index in [2.05, 4.69) is 19.6 Å². The highest BCUT2D eigenvalue weighted by atomic mass is 28.3. The number of hydrogen-bond donors (Lipinski definition) is 0. The molecule has 0 bridgehead atoms. The quantitative estimate of drug-likeness (QED) is 0.431. The molecule has 1 aliphatic heterocycles. The van der Waals surface area contributed by atoms with Crippen molar-refractivity contribution < 1.29 is 14.3 Å². The number of ether oxygens (including phenoxy) is 1. The lowest BCUT2D eigenvalue weighted by molar-refractivity contribution is -0.189. The number of hydrogen-bond acceptors (Lipinski definition) is 3. The van der Waals surface area contributed by atoms with E-state index in [0.717, 1.165) is 0 Å². The summed E-state index contributed by atoms with van der Waals surface area (Å²) in [5.41, 5.74) is 0. The molecule has 0 aromatic carbocycles. The maximum absolute atomic E-state index is 12.0. The third-order valence-electron chi connectivity index (χ3n) is 2.81. The predicted octanol–water partition coefficient (Wildman–Crippen LogP) is 1.82. The molecular weight excluding hydrogens is 222 g/mol. The second kappa shape index (κ2) is 4.20. The van der Waals surface area contributed by atoms with Crippen LogP contribution in [-0.4, -0.2) is 30.9 Å². The van der Waals surface area contributed by atoms with Crippen LogP contribution in [0.15, 0.2) is 0 Å². The van der Waals surface area contributed by atoms with Crippen LogP contribution in [0.5, 0.6) is 0 Å². The molecule has 1 saturated heterocycles. The molecule has 4 nitrogen and oxygen atoms in total. The molecule has 5 heteroatoms. The van der Waals surface area contributed by atoms with Crippen molar-refractivity contribution in [2.45, 2.75) is 46.6 Å². The van der Waals surface area contributed by atoms with Gasteiger partial charge in [-0.1, -0.05) is 33.5 Å². The average Bonchev–Trinajstić information content (AvgIpc) is 1.97. The fraction of sp³-hybridized carbons (Fsp3) is 0.818. The first-order valence-electron chi connectivity index (χ1n) is 5.66. The van der Waals surface area contributed by atoms with Gasteiger partial charge in [0.1, 0.15) is 0 Å². The number of β-lactam (4-membered cyclic amide) rings is 1. The summed E-state index contributed by atoms with van der Waals surface area (Å²) in [6.07, 6.45) is -0.336. The number of amides is 1. The first kappa shape index (κ1) is 13.2. The zero-order chi connectivity index (χ0) is 12.7. The van der Waals surface area contributed by atoms with Crippen LogP contribution >= 0.6 is 0 Å². The molecule has 16 heavy (non-hydrogen) atoms. The summed E-state index contributed by atoms with van der Waals surface area (Å²) in [6.45, 7) is 11.6. The number of esters is 1. The zero-order valence-electron chi connectivity index (χ0n) is 10.9. The lowest BCUT2D eigenvalue weighted by Crippen LogP contribution is -2.71. The van der Waals surface area contributed by atoms with Crippen molar-refractivity contribution in [1.29, 1.82) is 0 Å². The van der Waals surface area contributed by atoms with Crippen LogP contribution in [0.4, 0.5) is 0 Å². The van der Waals surface area contributed by atoms with E-state index < -0.39 is 8.24 Å². The second-order valence-corrected chi connectivity index (χ2v) is 10.5. The van der Waals surface area contributed by atoms with Gasteiger partial charge in [-0.3, -0.25) is 9.59 Å². The molecule has 1 aliphatic rings. The van der Waals surface area contributed by atoms with Gasteiger partial charge in [0.2, 0.25) is 5.91 Å². The van der Waals surface area contributed by atoms with E-state index in [-0.39, 0.29) is 29.9 Å². The maximum Gasteiger partial charge on any atom is 0.304 e. The van der Waals surface area contributed by atoms with Crippen molar-refractivity contribution in [3.63, 3.8) is 0 Å². The number of carbonyl (C=O) groups is 2. The summed E-state index contributed by atoms with van der Waals surface area (Å²) in [5, 5.41) is 0. The summed E-state index contributed by atoms with van der Waals surface area (Å²) in [5.74, 6) is -0.119. The molecule has 1 heterocycles. The molecule has 2 atom stereocenters. The van der Waals surface area contributed by atoms with Crippen LogP contribution in [0.25, 0.3) is 0 Å². The molecule has 0 unspecified atom stereocenters. The predicted molar refractivity (Wildman–Crippen MR) is 64.1 cm³/mol. The van der Waals surface area contributed by atoms with Gasteiger partial charge >= 0.3 is 5.97 Å². The van der Waals surface area contributed by atoms with Crippen LogP contribution < -0.4 is 0 Å². The highest BCUT2D eigenvalue weighted by molar-refractivity contribution is 6.76. The van der Waals surface area contributed by atoms with Crippen LogP contribution in [0.2, 0.25) is 19.6 Å². The Kier molecular flexibility index (Phi) is 3.47. The second-order valence-electron chi connectivity index (χ2n) is 5.65. The molecular formula is C11H21NO3Si. The Morgan fingerprint density at radius 2 is 1.88 bits per heavy atom. The van der Waals surface area contributed by atoms with Crippen molar-refractivity contribution >= 4 is 20.1 Å². The Bertz CT molecular complexity index is 309. The first-order chi connectivity index (χ1) is 7.16. The van der Waals surface area contributed by atoms with E-state index in [1.807, 2.05) is 13.8 Å². The van der Waals surface area contributed by atoms with Gasteiger partial charge in [-0.25, -0.2) is 0 Å². The fourth-order valence-electron chi connectivity index (χ4n) is 2.11. The lowest BCUT2D eigenvalue weighted by Gasteiger charge is -2.53. The third kappa shape index (κ3) is 2.29. The van der Waals surface area contributed by atoms with Crippen LogP contribution in [0.1, 0.15) is 20.8 Å². The molecule has 0 aromatic rings. The van der Waals surface area contributed by atoms with E-state index in [1.54, 1.807) is 4.57 Å². The van der Waals surface area contributed by atoms with Gasteiger partial charge in [0.25, 0.3) is 0 Å². The minimum Gasteiger partial charge on any atom is -0.442 e. The van der Waals surface area contributed by atoms with Gasteiger partial charge in [-0.2, -0.15) is 0 Å². The molecule has 0 aromatic heterocycles. The summed E-state index contributed by atoms with van der Waals surface area (Å²) in [6, 6.07) is 0. The van der Waals surface area contributed by atoms with Gasteiger partial charge in [-0.15, -0.1) is 0 Å². The molecule has 92 valence electrons. The topological polar surface area (TPSA) is 46.6 Å². The Morgan fingerprint density at radius 1 is 1.38 bits per heavy atom. The van der Waals surface area contributed by atoms with Gasteiger partial charge in [0.05, 0.1) is 5.92 Å². The number of rotatable bonds is 3. The van der Waals surface area contributed by atoms with Crippen LogP contribution in [-0.2, 0) is 14.3 Å². The van der Waals surface area contributed by atoms with Gasteiger partial charge < -0.3 is 9.30 Å². The molecule has 1 rings (SSSR count). The van der Waals surface area contributed by atoms with Crippen molar-refractivity contribution in [1.82, 2.24) is 4.57 Å². The fourth-order valence-corrected chi connectivity index (χ4v) is 3.90. The Morgan fingerprint density at radius 3 is 2.19 bits per heavy atom. The SMILES string of the molecule is CC(=O)O[C@@H]1[C@@H](C(C)C)C(=O)N1[Si](C)(C)C. The minimum absolute atomic E-state index is 0.139. The van der Waals surface area contributed by atoms with Gasteiger partial charge in [0, 0.05) is 6.92 Å². The van der Waals surface area contributed by atoms with E-state index >= 15 is 0 Å². The van der Waals surface area contributed by atoms with E-state index in [1.165, 1.54) is 6.92 Å². The van der Waals surface area contributed by atoms with E-state index in [4.69, 9.17) is 4.74 Å². The number of carbonyl (C=O) groups excluding carboxylic acids is 2. The highest BCUT2D eigenvalue weighted by Gasteiger charge is 2.55. The summed E-state index contributed by atoms with van der Waals surface area (Å²) in [4.78, 5) is 23.1. The molecule has 1 amide bonds. The molecule has 0 radical (unpaired) electrons. The normalized spacial score (nSPS) is 25.7. The standard InChI is InChI=1S/C11H21NO3Si/c1-7(2)9-10(14)12(16(4,5)6)11(9)15-8(3)13/h7,9,11H,1-6H3/t9-,11+/m0/s1. The monoisotopic (exact) mass is 243 g/mol.